The average molecular weight is 179 g/mol. The van der Waals surface area contributed by atoms with Gasteiger partial charge >= 0.3 is 0 Å². The van der Waals surface area contributed by atoms with E-state index in [0.717, 1.165) is 0 Å². The van der Waals surface area contributed by atoms with Crippen molar-refractivity contribution in [1.29, 1.82) is 0 Å². The van der Waals surface area contributed by atoms with Crippen LogP contribution in [0, 0.1) is 0 Å². The molecule has 5 heteroatoms. The number of amides is 1. The number of carbonyl (C=O) groups is 1. The third-order valence-corrected chi connectivity index (χ3v) is 2.13. The molecule has 0 saturated carbocycles. The summed E-state index contributed by atoms with van der Waals surface area (Å²) in [4.78, 5) is 12.0. The molecule has 1 unspecified atom stereocenters. The highest BCUT2D eigenvalue weighted by molar-refractivity contribution is 5.73. The SMILES string of the molecule is CC(=O)N1CCC(O)(C(F)F)C1. The fourth-order valence-electron chi connectivity index (χ4n) is 1.26. The minimum atomic E-state index is -2.78. The van der Waals surface area contributed by atoms with E-state index >= 15 is 0 Å². The number of rotatable bonds is 1. The Balaban J connectivity index is 2.60. The Labute approximate surface area is 69.0 Å². The van der Waals surface area contributed by atoms with Crippen molar-refractivity contribution in [1.82, 2.24) is 4.90 Å². The second kappa shape index (κ2) is 2.97. The number of alkyl halides is 2. The molecule has 1 aliphatic rings. The van der Waals surface area contributed by atoms with Crippen LogP contribution in [0.1, 0.15) is 13.3 Å². The predicted molar refractivity (Wildman–Crippen MR) is 37.8 cm³/mol. The Bertz CT molecular complexity index is 198. The second-order valence-corrected chi connectivity index (χ2v) is 3.09. The van der Waals surface area contributed by atoms with Gasteiger partial charge < -0.3 is 10.0 Å². The van der Waals surface area contributed by atoms with Crippen molar-refractivity contribution in [2.24, 2.45) is 0 Å². The van der Waals surface area contributed by atoms with Crippen molar-refractivity contribution in [3.63, 3.8) is 0 Å². The smallest absolute Gasteiger partial charge is 0.268 e. The predicted octanol–water partition coefficient (Wildman–Crippen LogP) is 0.235. The lowest BCUT2D eigenvalue weighted by Gasteiger charge is -2.21. The Kier molecular flexibility index (Phi) is 2.32. The van der Waals surface area contributed by atoms with Gasteiger partial charge in [-0.15, -0.1) is 0 Å². The van der Waals surface area contributed by atoms with Crippen LogP contribution in [0.25, 0.3) is 0 Å². The number of halogens is 2. The third-order valence-electron chi connectivity index (χ3n) is 2.13. The maximum absolute atomic E-state index is 12.2. The monoisotopic (exact) mass is 179 g/mol. The first-order chi connectivity index (χ1) is 5.46. The average Bonchev–Trinajstić information content (AvgIpc) is 2.33. The quantitative estimate of drug-likeness (QED) is 0.626. The Hall–Kier alpha value is -0.710. The van der Waals surface area contributed by atoms with Gasteiger partial charge in [-0.25, -0.2) is 8.78 Å². The van der Waals surface area contributed by atoms with Gasteiger partial charge in [-0.3, -0.25) is 4.79 Å². The van der Waals surface area contributed by atoms with E-state index in [4.69, 9.17) is 0 Å². The highest BCUT2D eigenvalue weighted by atomic mass is 19.3. The molecule has 0 spiro atoms. The van der Waals surface area contributed by atoms with Crippen LogP contribution < -0.4 is 0 Å². The molecule has 3 nitrogen and oxygen atoms in total. The van der Waals surface area contributed by atoms with Gasteiger partial charge in [-0.05, 0) is 0 Å². The third kappa shape index (κ3) is 1.55. The summed E-state index contributed by atoms with van der Waals surface area (Å²) in [6.45, 7) is 1.27. The maximum Gasteiger partial charge on any atom is 0.268 e. The lowest BCUT2D eigenvalue weighted by Crippen LogP contribution is -2.41. The first-order valence-electron chi connectivity index (χ1n) is 3.72. The van der Waals surface area contributed by atoms with Crippen molar-refractivity contribution >= 4 is 5.91 Å². The van der Waals surface area contributed by atoms with E-state index in [0.29, 0.717) is 0 Å². The second-order valence-electron chi connectivity index (χ2n) is 3.09. The number of likely N-dealkylation sites (tertiary alicyclic amines) is 1. The zero-order chi connectivity index (χ0) is 9.35. The molecule has 0 aromatic heterocycles. The molecule has 1 saturated heterocycles. The zero-order valence-corrected chi connectivity index (χ0v) is 6.76. The first kappa shape index (κ1) is 9.38. The normalized spacial score (nSPS) is 29.9. The lowest BCUT2D eigenvalue weighted by molar-refractivity contribution is -0.131. The number of carbonyl (C=O) groups excluding carboxylic acids is 1. The van der Waals surface area contributed by atoms with Crippen molar-refractivity contribution in [2.45, 2.75) is 25.4 Å². The summed E-state index contributed by atoms with van der Waals surface area (Å²) in [5, 5.41) is 9.24. The molecule has 12 heavy (non-hydrogen) atoms. The van der Waals surface area contributed by atoms with Crippen LogP contribution >= 0.6 is 0 Å². The molecule has 0 aromatic carbocycles. The summed E-state index contributed by atoms with van der Waals surface area (Å²) in [5.74, 6) is -0.272. The fraction of sp³-hybridized carbons (Fsp3) is 0.857. The van der Waals surface area contributed by atoms with Gasteiger partial charge in [0, 0.05) is 19.9 Å². The van der Waals surface area contributed by atoms with E-state index in [1.54, 1.807) is 0 Å². The molecule has 1 atom stereocenters. The molecular weight excluding hydrogens is 168 g/mol. The largest absolute Gasteiger partial charge is 0.382 e. The molecular formula is C7H11F2NO2. The van der Waals surface area contributed by atoms with Gasteiger partial charge in [-0.2, -0.15) is 0 Å². The Morgan fingerprint density at radius 2 is 2.25 bits per heavy atom. The van der Waals surface area contributed by atoms with Gasteiger partial charge in [0.05, 0.1) is 6.54 Å². The molecule has 1 heterocycles. The van der Waals surface area contributed by atoms with Crippen LogP contribution in [0.5, 0.6) is 0 Å². The van der Waals surface area contributed by atoms with E-state index in [1.165, 1.54) is 11.8 Å². The molecule has 0 aliphatic carbocycles. The van der Waals surface area contributed by atoms with Gasteiger partial charge in [0.25, 0.3) is 6.43 Å². The highest BCUT2D eigenvalue weighted by Crippen LogP contribution is 2.27. The minimum Gasteiger partial charge on any atom is -0.382 e. The van der Waals surface area contributed by atoms with Crippen LogP contribution in [0.3, 0.4) is 0 Å². The number of hydrogen-bond donors (Lipinski definition) is 1. The minimum absolute atomic E-state index is 0.0375. The van der Waals surface area contributed by atoms with Crippen LogP contribution in [0.15, 0.2) is 0 Å². The van der Waals surface area contributed by atoms with E-state index < -0.39 is 12.0 Å². The summed E-state index contributed by atoms with van der Waals surface area (Å²) in [6.07, 6.45) is -2.81. The molecule has 70 valence electrons. The molecule has 1 amide bonds. The maximum atomic E-state index is 12.2. The van der Waals surface area contributed by atoms with Crippen LogP contribution in [0.2, 0.25) is 0 Å². The van der Waals surface area contributed by atoms with Crippen molar-refractivity contribution in [2.75, 3.05) is 13.1 Å². The summed E-state index contributed by atoms with van der Waals surface area (Å²) in [6, 6.07) is 0. The van der Waals surface area contributed by atoms with Crippen molar-refractivity contribution in [3.05, 3.63) is 0 Å². The number of β-amino-alcohol motifs (C(OH)–C–C–N with tert-alkyl or cyclic N) is 1. The summed E-state index contributed by atoms with van der Waals surface area (Å²) >= 11 is 0. The summed E-state index contributed by atoms with van der Waals surface area (Å²) in [7, 11) is 0. The first-order valence-corrected chi connectivity index (χ1v) is 3.72. The van der Waals surface area contributed by atoms with E-state index in [-0.39, 0.29) is 25.4 Å². The standard InChI is InChI=1S/C7H11F2NO2/c1-5(11)10-3-2-7(12,4-10)6(8)9/h6,12H,2-4H2,1H3. The van der Waals surface area contributed by atoms with Crippen molar-refractivity contribution in [3.8, 4) is 0 Å². The Morgan fingerprint density at radius 3 is 2.50 bits per heavy atom. The molecule has 1 rings (SSSR count). The van der Waals surface area contributed by atoms with Crippen molar-refractivity contribution < 1.29 is 18.7 Å². The topological polar surface area (TPSA) is 40.5 Å². The molecule has 1 aliphatic heterocycles. The van der Waals surface area contributed by atoms with Crippen LogP contribution in [0.4, 0.5) is 8.78 Å². The van der Waals surface area contributed by atoms with Gasteiger partial charge in [0.15, 0.2) is 0 Å². The molecule has 1 fully saturated rings. The molecule has 0 bridgehead atoms. The molecule has 0 radical (unpaired) electrons. The number of hydrogen-bond acceptors (Lipinski definition) is 2. The van der Waals surface area contributed by atoms with E-state index in [2.05, 4.69) is 0 Å². The lowest BCUT2D eigenvalue weighted by atomic mass is 10.1. The van der Waals surface area contributed by atoms with Crippen LogP contribution in [-0.2, 0) is 4.79 Å². The fourth-order valence-corrected chi connectivity index (χ4v) is 1.26. The Morgan fingerprint density at radius 1 is 1.67 bits per heavy atom. The number of aliphatic hydroxyl groups is 1. The summed E-state index contributed by atoms with van der Waals surface area (Å²) in [5.41, 5.74) is -1.98. The van der Waals surface area contributed by atoms with Gasteiger partial charge in [0.2, 0.25) is 5.91 Å². The molecule has 1 N–H and O–H groups in total. The molecule has 0 aromatic rings. The van der Waals surface area contributed by atoms with Crippen LogP contribution in [-0.4, -0.2) is 41.0 Å². The number of nitrogens with zero attached hydrogens (tertiary/aromatic N) is 1. The van der Waals surface area contributed by atoms with Gasteiger partial charge in [0.1, 0.15) is 5.60 Å². The van der Waals surface area contributed by atoms with Gasteiger partial charge in [-0.1, -0.05) is 0 Å². The highest BCUT2D eigenvalue weighted by Gasteiger charge is 2.44. The van der Waals surface area contributed by atoms with E-state index in [9.17, 15) is 18.7 Å². The summed E-state index contributed by atoms with van der Waals surface area (Å²) < 4.78 is 24.3. The zero-order valence-electron chi connectivity index (χ0n) is 6.76. The van der Waals surface area contributed by atoms with E-state index in [1.807, 2.05) is 0 Å².